The van der Waals surface area contributed by atoms with Crippen LogP contribution in [0.25, 0.3) is 0 Å². The molecule has 0 aliphatic rings. The highest BCUT2D eigenvalue weighted by atomic mass is 35.5. The summed E-state index contributed by atoms with van der Waals surface area (Å²) in [5.74, 6) is -2.51. The lowest BCUT2D eigenvalue weighted by molar-refractivity contribution is 0.101. The van der Waals surface area contributed by atoms with E-state index >= 15 is 0 Å². The van der Waals surface area contributed by atoms with Gasteiger partial charge in [-0.25, -0.2) is 8.78 Å². The third-order valence-electron chi connectivity index (χ3n) is 1.39. The van der Waals surface area contributed by atoms with Crippen LogP contribution in [0, 0.1) is 11.6 Å². The number of halogens is 3. The molecule has 0 bridgehead atoms. The number of Topliss-reactive ketones (excluding diaryl/α,β-unsaturated/α-hetero) is 1. The smallest absolute Gasteiger partial charge is 0.161 e. The van der Waals surface area contributed by atoms with Gasteiger partial charge in [0.05, 0.1) is 5.02 Å². The summed E-state index contributed by atoms with van der Waals surface area (Å²) in [6.07, 6.45) is 0. The van der Waals surface area contributed by atoms with Crippen molar-refractivity contribution in [1.29, 1.82) is 0 Å². The SMILES string of the molecule is CC(=O)c1cc(F)c(F)cc1Cl. The number of carbonyl (C=O) groups excluding carboxylic acids is 1. The zero-order chi connectivity index (χ0) is 9.30. The predicted molar refractivity (Wildman–Crippen MR) is 41.4 cm³/mol. The normalized spacial score (nSPS) is 10.0. The number of hydrogen-bond acceptors (Lipinski definition) is 1. The Morgan fingerprint density at radius 2 is 1.83 bits per heavy atom. The molecule has 0 saturated carbocycles. The van der Waals surface area contributed by atoms with E-state index in [2.05, 4.69) is 0 Å². The topological polar surface area (TPSA) is 17.1 Å². The van der Waals surface area contributed by atoms with Crippen molar-refractivity contribution in [2.75, 3.05) is 0 Å². The Bertz CT molecular complexity index is 336. The van der Waals surface area contributed by atoms with Crippen molar-refractivity contribution < 1.29 is 13.6 Å². The second kappa shape index (κ2) is 3.19. The Morgan fingerprint density at radius 1 is 1.33 bits per heavy atom. The number of hydrogen-bond donors (Lipinski definition) is 0. The molecule has 1 aromatic carbocycles. The molecule has 1 rings (SSSR count). The van der Waals surface area contributed by atoms with E-state index in [0.29, 0.717) is 0 Å². The minimum absolute atomic E-state index is 0.00410. The maximum absolute atomic E-state index is 12.5. The first-order valence-electron chi connectivity index (χ1n) is 3.18. The predicted octanol–water partition coefficient (Wildman–Crippen LogP) is 2.82. The first-order chi connectivity index (χ1) is 5.52. The van der Waals surface area contributed by atoms with Crippen LogP contribution < -0.4 is 0 Å². The van der Waals surface area contributed by atoms with Gasteiger partial charge < -0.3 is 0 Å². The van der Waals surface area contributed by atoms with Crippen LogP contribution in [0.15, 0.2) is 12.1 Å². The van der Waals surface area contributed by atoms with Crippen LogP contribution in [-0.2, 0) is 0 Å². The van der Waals surface area contributed by atoms with Crippen molar-refractivity contribution >= 4 is 17.4 Å². The van der Waals surface area contributed by atoms with Gasteiger partial charge in [0.15, 0.2) is 17.4 Å². The Morgan fingerprint density at radius 3 is 2.33 bits per heavy atom. The monoisotopic (exact) mass is 190 g/mol. The van der Waals surface area contributed by atoms with Crippen molar-refractivity contribution in [3.63, 3.8) is 0 Å². The highest BCUT2D eigenvalue weighted by molar-refractivity contribution is 6.33. The molecule has 64 valence electrons. The summed E-state index contributed by atoms with van der Waals surface area (Å²) < 4.78 is 25.0. The zero-order valence-corrected chi connectivity index (χ0v) is 6.95. The van der Waals surface area contributed by atoms with Gasteiger partial charge in [-0.15, -0.1) is 0 Å². The van der Waals surface area contributed by atoms with Gasteiger partial charge in [0.25, 0.3) is 0 Å². The van der Waals surface area contributed by atoms with Crippen molar-refractivity contribution in [2.45, 2.75) is 6.92 Å². The third kappa shape index (κ3) is 1.61. The van der Waals surface area contributed by atoms with E-state index in [4.69, 9.17) is 11.6 Å². The van der Waals surface area contributed by atoms with E-state index in [1.54, 1.807) is 0 Å². The summed E-state index contributed by atoms with van der Waals surface area (Å²) in [4.78, 5) is 10.8. The third-order valence-corrected chi connectivity index (χ3v) is 1.70. The van der Waals surface area contributed by atoms with Gasteiger partial charge in [-0.1, -0.05) is 11.6 Å². The Kier molecular flexibility index (Phi) is 2.43. The molecular weight excluding hydrogens is 186 g/mol. The molecule has 0 atom stereocenters. The summed E-state index contributed by atoms with van der Waals surface area (Å²) in [6, 6.07) is 1.58. The summed E-state index contributed by atoms with van der Waals surface area (Å²) >= 11 is 5.47. The molecule has 0 aliphatic heterocycles. The van der Waals surface area contributed by atoms with E-state index < -0.39 is 11.6 Å². The minimum Gasteiger partial charge on any atom is -0.294 e. The fourth-order valence-corrected chi connectivity index (χ4v) is 1.08. The Balaban J connectivity index is 3.33. The molecule has 0 unspecified atom stereocenters. The maximum Gasteiger partial charge on any atom is 0.161 e. The maximum atomic E-state index is 12.5. The van der Waals surface area contributed by atoms with Gasteiger partial charge in [0, 0.05) is 5.56 Å². The van der Waals surface area contributed by atoms with E-state index in [1.807, 2.05) is 0 Å². The van der Waals surface area contributed by atoms with Crippen molar-refractivity contribution in [3.8, 4) is 0 Å². The molecule has 0 spiro atoms. The number of benzene rings is 1. The summed E-state index contributed by atoms with van der Waals surface area (Å²) in [5.41, 5.74) is -0.00410. The average molecular weight is 191 g/mol. The molecule has 0 radical (unpaired) electrons. The Labute approximate surface area is 73.0 Å². The Hall–Kier alpha value is -0.960. The van der Waals surface area contributed by atoms with Gasteiger partial charge in [-0.2, -0.15) is 0 Å². The van der Waals surface area contributed by atoms with Crippen LogP contribution in [0.1, 0.15) is 17.3 Å². The first-order valence-corrected chi connectivity index (χ1v) is 3.55. The lowest BCUT2D eigenvalue weighted by Gasteiger charge is -1.99. The molecule has 0 amide bonds. The fourth-order valence-electron chi connectivity index (χ4n) is 0.792. The van der Waals surface area contributed by atoms with Crippen molar-refractivity contribution in [2.24, 2.45) is 0 Å². The number of rotatable bonds is 1. The standard InChI is InChI=1S/C8H5ClF2O/c1-4(12)5-2-7(10)8(11)3-6(5)9/h2-3H,1H3. The number of carbonyl (C=O) groups is 1. The molecule has 0 aliphatic carbocycles. The second-order valence-corrected chi connectivity index (χ2v) is 2.71. The molecule has 0 saturated heterocycles. The molecular formula is C8H5ClF2O. The largest absolute Gasteiger partial charge is 0.294 e. The van der Waals surface area contributed by atoms with Gasteiger partial charge in [-0.05, 0) is 19.1 Å². The second-order valence-electron chi connectivity index (χ2n) is 2.30. The van der Waals surface area contributed by atoms with Gasteiger partial charge >= 0.3 is 0 Å². The molecule has 1 aromatic rings. The molecule has 0 fully saturated rings. The lowest BCUT2D eigenvalue weighted by Crippen LogP contribution is -1.96. The summed E-state index contributed by atoms with van der Waals surface area (Å²) in [6.45, 7) is 1.23. The number of ketones is 1. The highest BCUT2D eigenvalue weighted by Gasteiger charge is 2.10. The van der Waals surface area contributed by atoms with Crippen LogP contribution in [0.2, 0.25) is 5.02 Å². The molecule has 0 N–H and O–H groups in total. The van der Waals surface area contributed by atoms with Crippen molar-refractivity contribution in [3.05, 3.63) is 34.4 Å². The van der Waals surface area contributed by atoms with E-state index in [-0.39, 0.29) is 16.4 Å². The quantitative estimate of drug-likeness (QED) is 0.492. The van der Waals surface area contributed by atoms with Crippen LogP contribution >= 0.6 is 11.6 Å². The van der Waals surface area contributed by atoms with Gasteiger partial charge in [0.2, 0.25) is 0 Å². The van der Waals surface area contributed by atoms with E-state index in [1.165, 1.54) is 6.92 Å². The van der Waals surface area contributed by atoms with Gasteiger partial charge in [0.1, 0.15) is 0 Å². The molecule has 12 heavy (non-hydrogen) atoms. The van der Waals surface area contributed by atoms with Crippen LogP contribution in [0.5, 0.6) is 0 Å². The molecule has 0 aromatic heterocycles. The van der Waals surface area contributed by atoms with E-state index in [9.17, 15) is 13.6 Å². The van der Waals surface area contributed by atoms with Gasteiger partial charge in [-0.3, -0.25) is 4.79 Å². The lowest BCUT2D eigenvalue weighted by atomic mass is 10.1. The summed E-state index contributed by atoms with van der Waals surface area (Å²) in [5, 5.41) is -0.0681. The zero-order valence-electron chi connectivity index (χ0n) is 6.20. The van der Waals surface area contributed by atoms with Crippen LogP contribution in [0.3, 0.4) is 0 Å². The average Bonchev–Trinajstić information content (AvgIpc) is 1.96. The first kappa shape index (κ1) is 9.13. The molecule has 0 heterocycles. The van der Waals surface area contributed by atoms with Crippen molar-refractivity contribution in [1.82, 2.24) is 0 Å². The summed E-state index contributed by atoms with van der Waals surface area (Å²) in [7, 11) is 0. The minimum atomic E-state index is -1.07. The van der Waals surface area contributed by atoms with Crippen LogP contribution in [-0.4, -0.2) is 5.78 Å². The molecule has 1 nitrogen and oxygen atoms in total. The van der Waals surface area contributed by atoms with Crippen LogP contribution in [0.4, 0.5) is 8.78 Å². The fraction of sp³-hybridized carbons (Fsp3) is 0.125. The highest BCUT2D eigenvalue weighted by Crippen LogP contribution is 2.20. The van der Waals surface area contributed by atoms with E-state index in [0.717, 1.165) is 12.1 Å². The molecule has 4 heteroatoms.